The highest BCUT2D eigenvalue weighted by atomic mass is 16.5. The molecule has 1 saturated carbocycles. The van der Waals surface area contributed by atoms with Gasteiger partial charge in [0.05, 0.1) is 18.7 Å². The molecule has 0 aromatic heterocycles. The molecule has 0 aliphatic heterocycles. The van der Waals surface area contributed by atoms with E-state index in [0.717, 1.165) is 12.8 Å². The molecular formula is C15H18N2O3. The monoisotopic (exact) mass is 274 g/mol. The number of methoxy groups -OCH3 is 1. The number of benzene rings is 1. The Bertz CT molecular complexity index is 516. The van der Waals surface area contributed by atoms with Gasteiger partial charge in [0.25, 0.3) is 5.91 Å². The van der Waals surface area contributed by atoms with Crippen LogP contribution in [0.5, 0.6) is 11.5 Å². The van der Waals surface area contributed by atoms with Crippen LogP contribution in [0.15, 0.2) is 18.2 Å². The van der Waals surface area contributed by atoms with E-state index in [1.165, 1.54) is 20.0 Å². The second-order valence-corrected chi connectivity index (χ2v) is 4.85. The number of hydrogen-bond acceptors (Lipinski definition) is 4. The van der Waals surface area contributed by atoms with Crippen LogP contribution in [-0.2, 0) is 4.79 Å². The third-order valence-electron chi connectivity index (χ3n) is 3.34. The molecule has 5 heteroatoms. The Morgan fingerprint density at radius 3 is 2.70 bits per heavy atom. The smallest absolute Gasteiger partial charge is 0.258 e. The average Bonchev–Trinajstić information content (AvgIpc) is 2.97. The van der Waals surface area contributed by atoms with Crippen molar-refractivity contribution in [2.75, 3.05) is 13.7 Å². The highest BCUT2D eigenvalue weighted by molar-refractivity contribution is 5.77. The van der Waals surface area contributed by atoms with Crippen LogP contribution < -0.4 is 14.8 Å². The average molecular weight is 274 g/mol. The molecule has 1 amide bonds. The Balaban J connectivity index is 1.89. The second kappa shape index (κ2) is 6.80. The lowest BCUT2D eigenvalue weighted by atomic mass is 10.2. The van der Waals surface area contributed by atoms with Gasteiger partial charge in [0.2, 0.25) is 0 Å². The van der Waals surface area contributed by atoms with E-state index in [0.29, 0.717) is 17.1 Å². The maximum absolute atomic E-state index is 11.7. The van der Waals surface area contributed by atoms with Crippen molar-refractivity contribution >= 4 is 5.91 Å². The zero-order chi connectivity index (χ0) is 14.4. The van der Waals surface area contributed by atoms with Crippen LogP contribution >= 0.6 is 0 Å². The number of rotatable bonds is 5. The fourth-order valence-electron chi connectivity index (χ4n) is 2.33. The molecule has 2 rings (SSSR count). The number of ether oxygens (including phenoxy) is 2. The molecule has 1 aromatic carbocycles. The molecule has 0 spiro atoms. The number of nitrogens with zero attached hydrogens (tertiary/aromatic N) is 1. The van der Waals surface area contributed by atoms with Gasteiger partial charge >= 0.3 is 0 Å². The lowest BCUT2D eigenvalue weighted by Crippen LogP contribution is -2.36. The normalized spacial score (nSPS) is 14.6. The van der Waals surface area contributed by atoms with Crippen molar-refractivity contribution in [1.29, 1.82) is 5.26 Å². The van der Waals surface area contributed by atoms with Gasteiger partial charge in [-0.25, -0.2) is 0 Å². The Morgan fingerprint density at radius 1 is 1.35 bits per heavy atom. The molecule has 106 valence electrons. The van der Waals surface area contributed by atoms with E-state index >= 15 is 0 Å². The maximum Gasteiger partial charge on any atom is 0.258 e. The minimum atomic E-state index is -0.127. The largest absolute Gasteiger partial charge is 0.497 e. The molecule has 1 aliphatic rings. The van der Waals surface area contributed by atoms with E-state index in [2.05, 4.69) is 5.32 Å². The van der Waals surface area contributed by atoms with Gasteiger partial charge in [-0.15, -0.1) is 0 Å². The van der Waals surface area contributed by atoms with Crippen molar-refractivity contribution in [3.8, 4) is 17.6 Å². The van der Waals surface area contributed by atoms with E-state index in [4.69, 9.17) is 14.7 Å². The summed E-state index contributed by atoms with van der Waals surface area (Å²) in [6.45, 7) is -0.0471. The maximum atomic E-state index is 11.7. The minimum Gasteiger partial charge on any atom is -0.497 e. The first-order valence-corrected chi connectivity index (χ1v) is 6.72. The van der Waals surface area contributed by atoms with Crippen LogP contribution in [0.2, 0.25) is 0 Å². The van der Waals surface area contributed by atoms with Crippen molar-refractivity contribution in [3.63, 3.8) is 0 Å². The summed E-state index contributed by atoms with van der Waals surface area (Å²) in [5.74, 6) is 0.871. The van der Waals surface area contributed by atoms with Gasteiger partial charge in [-0.2, -0.15) is 5.26 Å². The third-order valence-corrected chi connectivity index (χ3v) is 3.34. The summed E-state index contributed by atoms with van der Waals surface area (Å²) < 4.78 is 10.5. The quantitative estimate of drug-likeness (QED) is 0.891. The Kier molecular flexibility index (Phi) is 4.83. The molecule has 1 aliphatic carbocycles. The number of nitrogens with one attached hydrogen (secondary N) is 1. The lowest BCUT2D eigenvalue weighted by molar-refractivity contribution is -0.123. The topological polar surface area (TPSA) is 71.3 Å². The molecular weight excluding hydrogens is 256 g/mol. The van der Waals surface area contributed by atoms with Gasteiger partial charge in [-0.1, -0.05) is 12.8 Å². The molecule has 0 atom stereocenters. The van der Waals surface area contributed by atoms with Gasteiger partial charge in [-0.3, -0.25) is 4.79 Å². The fraction of sp³-hybridized carbons (Fsp3) is 0.467. The first-order valence-electron chi connectivity index (χ1n) is 6.72. The van der Waals surface area contributed by atoms with Crippen LogP contribution in [0, 0.1) is 11.3 Å². The molecule has 0 radical (unpaired) electrons. The molecule has 1 N–H and O–H groups in total. The summed E-state index contributed by atoms with van der Waals surface area (Å²) in [5, 5.41) is 11.9. The summed E-state index contributed by atoms with van der Waals surface area (Å²) in [7, 11) is 1.52. The summed E-state index contributed by atoms with van der Waals surface area (Å²) in [6.07, 6.45) is 4.44. The first-order chi connectivity index (χ1) is 9.71. The van der Waals surface area contributed by atoms with Gasteiger partial charge in [0, 0.05) is 12.1 Å². The number of hydrogen-bond donors (Lipinski definition) is 1. The summed E-state index contributed by atoms with van der Waals surface area (Å²) in [4.78, 5) is 11.7. The van der Waals surface area contributed by atoms with Crippen LogP contribution in [0.4, 0.5) is 0 Å². The molecule has 0 bridgehead atoms. The molecule has 0 heterocycles. The fourth-order valence-corrected chi connectivity index (χ4v) is 2.33. The SMILES string of the molecule is COc1cc(C#N)cc(OCC(=O)NC2CCCC2)c1. The lowest BCUT2D eigenvalue weighted by Gasteiger charge is -2.13. The molecule has 20 heavy (non-hydrogen) atoms. The number of carbonyl (C=O) groups is 1. The summed E-state index contributed by atoms with van der Waals surface area (Å²) >= 11 is 0. The first kappa shape index (κ1) is 14.2. The van der Waals surface area contributed by atoms with Gasteiger partial charge in [-0.05, 0) is 25.0 Å². The van der Waals surface area contributed by atoms with Gasteiger partial charge < -0.3 is 14.8 Å². The van der Waals surface area contributed by atoms with E-state index in [9.17, 15) is 4.79 Å². The van der Waals surface area contributed by atoms with Crippen molar-refractivity contribution < 1.29 is 14.3 Å². The van der Waals surface area contributed by atoms with E-state index in [1.807, 2.05) is 6.07 Å². The summed E-state index contributed by atoms with van der Waals surface area (Å²) in [5.41, 5.74) is 0.440. The van der Waals surface area contributed by atoms with Crippen LogP contribution in [0.3, 0.4) is 0 Å². The zero-order valence-electron chi connectivity index (χ0n) is 11.5. The van der Waals surface area contributed by atoms with Crippen molar-refractivity contribution in [2.45, 2.75) is 31.7 Å². The predicted octanol–water partition coefficient (Wildman–Crippen LogP) is 2.00. The number of nitriles is 1. The van der Waals surface area contributed by atoms with Crippen LogP contribution in [0.1, 0.15) is 31.2 Å². The Morgan fingerprint density at radius 2 is 2.05 bits per heavy atom. The van der Waals surface area contributed by atoms with Crippen molar-refractivity contribution in [2.24, 2.45) is 0 Å². The summed E-state index contributed by atoms with van der Waals surface area (Å²) in [6, 6.07) is 7.17. The Labute approximate surface area is 118 Å². The number of carbonyl (C=O) groups excluding carboxylic acids is 1. The number of amides is 1. The van der Waals surface area contributed by atoms with Crippen LogP contribution in [0.25, 0.3) is 0 Å². The Hall–Kier alpha value is -2.22. The molecule has 1 fully saturated rings. The molecule has 1 aromatic rings. The highest BCUT2D eigenvalue weighted by Gasteiger charge is 2.17. The third kappa shape index (κ3) is 3.89. The highest BCUT2D eigenvalue weighted by Crippen LogP contribution is 2.22. The van der Waals surface area contributed by atoms with Crippen molar-refractivity contribution in [1.82, 2.24) is 5.32 Å². The van der Waals surface area contributed by atoms with Crippen LogP contribution in [-0.4, -0.2) is 25.7 Å². The minimum absolute atomic E-state index is 0.0471. The van der Waals surface area contributed by atoms with E-state index in [1.54, 1.807) is 18.2 Å². The molecule has 5 nitrogen and oxygen atoms in total. The standard InChI is InChI=1S/C15H18N2O3/c1-19-13-6-11(9-16)7-14(8-13)20-10-15(18)17-12-4-2-3-5-12/h6-8,12H,2-5,10H2,1H3,(H,17,18). The molecule has 0 unspecified atom stereocenters. The van der Waals surface area contributed by atoms with Crippen molar-refractivity contribution in [3.05, 3.63) is 23.8 Å². The van der Waals surface area contributed by atoms with E-state index in [-0.39, 0.29) is 18.6 Å². The van der Waals surface area contributed by atoms with Gasteiger partial charge in [0.15, 0.2) is 6.61 Å². The zero-order valence-corrected chi connectivity index (χ0v) is 11.5. The predicted molar refractivity (Wildman–Crippen MR) is 73.6 cm³/mol. The van der Waals surface area contributed by atoms with E-state index < -0.39 is 0 Å². The second-order valence-electron chi connectivity index (χ2n) is 4.85. The molecule has 0 saturated heterocycles. The van der Waals surface area contributed by atoms with Gasteiger partial charge in [0.1, 0.15) is 11.5 Å².